The second-order valence-electron chi connectivity index (χ2n) is 5.14. The molecule has 1 aliphatic heterocycles. The van der Waals surface area contributed by atoms with Crippen molar-refractivity contribution in [2.75, 3.05) is 31.6 Å². The van der Waals surface area contributed by atoms with Crippen molar-refractivity contribution < 1.29 is 0 Å². The Bertz CT molecular complexity index is 379. The van der Waals surface area contributed by atoms with Gasteiger partial charge < -0.3 is 15.5 Å². The summed E-state index contributed by atoms with van der Waals surface area (Å²) in [4.78, 5) is 4.81. The van der Waals surface area contributed by atoms with Crippen molar-refractivity contribution in [2.45, 2.75) is 25.4 Å². The van der Waals surface area contributed by atoms with Crippen molar-refractivity contribution in [1.29, 1.82) is 0 Å². The average Bonchev–Trinajstić information content (AvgIpc) is 2.51. The molecule has 18 heavy (non-hydrogen) atoms. The molecule has 1 fully saturated rings. The van der Waals surface area contributed by atoms with Crippen molar-refractivity contribution in [3.8, 4) is 0 Å². The van der Waals surface area contributed by atoms with Crippen LogP contribution in [-0.4, -0.2) is 43.7 Å². The van der Waals surface area contributed by atoms with Crippen molar-refractivity contribution in [1.82, 2.24) is 4.90 Å². The molecule has 1 aromatic rings. The molecule has 1 aliphatic rings. The maximum Gasteiger partial charge on any atom is 0.0407 e. The lowest BCUT2D eigenvalue weighted by molar-refractivity contribution is 0.265. The van der Waals surface area contributed by atoms with E-state index in [1.165, 1.54) is 5.69 Å². The first kappa shape index (κ1) is 13.7. The molecule has 2 atom stereocenters. The second kappa shape index (κ2) is 5.91. The number of nitrogens with two attached hydrogens (primary N) is 1. The lowest BCUT2D eigenvalue weighted by atomic mass is 10.1. The van der Waals surface area contributed by atoms with E-state index in [2.05, 4.69) is 35.9 Å². The van der Waals surface area contributed by atoms with Gasteiger partial charge in [-0.15, -0.1) is 0 Å². The van der Waals surface area contributed by atoms with E-state index in [0.717, 1.165) is 24.5 Å². The maximum absolute atomic E-state index is 5.95. The van der Waals surface area contributed by atoms with E-state index >= 15 is 0 Å². The molecule has 100 valence electrons. The zero-order valence-corrected chi connectivity index (χ0v) is 11.9. The van der Waals surface area contributed by atoms with E-state index in [0.29, 0.717) is 18.6 Å². The van der Waals surface area contributed by atoms with Gasteiger partial charge in [0.25, 0.3) is 0 Å². The Balaban J connectivity index is 2.21. The van der Waals surface area contributed by atoms with Gasteiger partial charge in [-0.3, -0.25) is 0 Å². The first-order valence-electron chi connectivity index (χ1n) is 6.54. The summed E-state index contributed by atoms with van der Waals surface area (Å²) < 4.78 is 0. The molecule has 0 amide bonds. The molecule has 0 aliphatic carbocycles. The number of anilines is 1. The fourth-order valence-electron chi connectivity index (χ4n) is 2.52. The number of benzene rings is 1. The topological polar surface area (TPSA) is 32.5 Å². The van der Waals surface area contributed by atoms with Gasteiger partial charge in [0.1, 0.15) is 0 Å². The van der Waals surface area contributed by atoms with E-state index in [1.54, 1.807) is 0 Å². The molecule has 0 bridgehead atoms. The van der Waals surface area contributed by atoms with E-state index < -0.39 is 0 Å². The van der Waals surface area contributed by atoms with Crippen LogP contribution in [0.25, 0.3) is 0 Å². The predicted octanol–water partition coefficient (Wildman–Crippen LogP) is 2.20. The normalized spacial score (nSPS) is 26.1. The van der Waals surface area contributed by atoms with Gasteiger partial charge in [0, 0.05) is 42.4 Å². The summed E-state index contributed by atoms with van der Waals surface area (Å²) >= 11 is 5.95. The third-order valence-electron chi connectivity index (χ3n) is 3.89. The first-order valence-corrected chi connectivity index (χ1v) is 6.92. The van der Waals surface area contributed by atoms with Crippen LogP contribution >= 0.6 is 11.6 Å². The largest absolute Gasteiger partial charge is 0.367 e. The van der Waals surface area contributed by atoms with Crippen LogP contribution in [0.2, 0.25) is 5.02 Å². The summed E-state index contributed by atoms with van der Waals surface area (Å²) in [5, 5.41) is 0.786. The molecule has 0 saturated carbocycles. The molecule has 0 radical (unpaired) electrons. The molecule has 2 N–H and O–H groups in total. The summed E-state index contributed by atoms with van der Waals surface area (Å²) in [6.45, 7) is 5.07. The number of nitrogens with zero attached hydrogens (tertiary/aromatic N) is 2. The monoisotopic (exact) mass is 267 g/mol. The van der Waals surface area contributed by atoms with Crippen molar-refractivity contribution in [2.24, 2.45) is 5.73 Å². The van der Waals surface area contributed by atoms with Gasteiger partial charge >= 0.3 is 0 Å². The molecule has 2 unspecified atom stereocenters. The lowest BCUT2D eigenvalue weighted by Gasteiger charge is -2.32. The smallest absolute Gasteiger partial charge is 0.0407 e. The Kier molecular flexibility index (Phi) is 4.49. The maximum atomic E-state index is 5.95. The van der Waals surface area contributed by atoms with Crippen LogP contribution in [0, 0.1) is 0 Å². The molecule has 1 aromatic carbocycles. The highest BCUT2D eigenvalue weighted by atomic mass is 35.5. The number of halogens is 1. The number of likely N-dealkylation sites (N-methyl/N-ethyl adjacent to an activating group) is 1. The summed E-state index contributed by atoms with van der Waals surface area (Å²) in [6, 6.07) is 9.05. The quantitative estimate of drug-likeness (QED) is 0.892. The Hall–Kier alpha value is -0.770. The molecule has 1 heterocycles. The minimum atomic E-state index is 0.422. The Morgan fingerprint density at radius 3 is 2.61 bits per heavy atom. The number of hydrogen-bond donors (Lipinski definition) is 1. The van der Waals surface area contributed by atoms with Gasteiger partial charge in [-0.1, -0.05) is 11.6 Å². The first-order chi connectivity index (χ1) is 8.61. The Morgan fingerprint density at radius 1 is 1.33 bits per heavy atom. The third-order valence-corrected chi connectivity index (χ3v) is 4.14. The van der Waals surface area contributed by atoms with Crippen LogP contribution in [0.3, 0.4) is 0 Å². The Labute approximate surface area is 115 Å². The van der Waals surface area contributed by atoms with Crippen molar-refractivity contribution >= 4 is 17.3 Å². The third kappa shape index (κ3) is 2.97. The van der Waals surface area contributed by atoms with E-state index in [-0.39, 0.29) is 0 Å². The van der Waals surface area contributed by atoms with Gasteiger partial charge in [-0.25, -0.2) is 0 Å². The fraction of sp³-hybridized carbons (Fsp3) is 0.571. The average molecular weight is 268 g/mol. The summed E-state index contributed by atoms with van der Waals surface area (Å²) in [5.41, 5.74) is 7.12. The van der Waals surface area contributed by atoms with Crippen molar-refractivity contribution in [3.05, 3.63) is 29.3 Å². The summed E-state index contributed by atoms with van der Waals surface area (Å²) in [6.07, 6.45) is 1.16. The minimum Gasteiger partial charge on any atom is -0.367 e. The second-order valence-corrected chi connectivity index (χ2v) is 5.57. The van der Waals surface area contributed by atoms with Crippen molar-refractivity contribution in [3.63, 3.8) is 0 Å². The molecule has 3 nitrogen and oxygen atoms in total. The van der Waals surface area contributed by atoms with Gasteiger partial charge in [-0.2, -0.15) is 0 Å². The van der Waals surface area contributed by atoms with E-state index in [4.69, 9.17) is 17.3 Å². The highest BCUT2D eigenvalue weighted by molar-refractivity contribution is 6.30. The fourth-order valence-corrected chi connectivity index (χ4v) is 2.65. The molecule has 4 heteroatoms. The zero-order chi connectivity index (χ0) is 13.1. The minimum absolute atomic E-state index is 0.422. The van der Waals surface area contributed by atoms with E-state index in [9.17, 15) is 0 Å². The zero-order valence-electron chi connectivity index (χ0n) is 11.1. The van der Waals surface area contributed by atoms with Gasteiger partial charge in [0.15, 0.2) is 0 Å². The highest BCUT2D eigenvalue weighted by Crippen LogP contribution is 2.24. The molecular weight excluding hydrogens is 246 g/mol. The number of rotatable bonds is 2. The Morgan fingerprint density at radius 2 is 2.00 bits per heavy atom. The molecular formula is C14H22ClN3. The summed E-state index contributed by atoms with van der Waals surface area (Å²) in [7, 11) is 2.16. The van der Waals surface area contributed by atoms with Gasteiger partial charge in [0.2, 0.25) is 0 Å². The molecule has 0 aromatic heterocycles. The number of hydrogen-bond acceptors (Lipinski definition) is 3. The van der Waals surface area contributed by atoms with Crippen LogP contribution in [-0.2, 0) is 0 Å². The summed E-state index contributed by atoms with van der Waals surface area (Å²) in [5.74, 6) is 0. The lowest BCUT2D eigenvalue weighted by Crippen LogP contribution is -2.45. The van der Waals surface area contributed by atoms with Crippen LogP contribution in [0.15, 0.2) is 24.3 Å². The van der Waals surface area contributed by atoms with Crippen LogP contribution in [0.4, 0.5) is 5.69 Å². The molecule has 2 rings (SSSR count). The molecule has 1 saturated heterocycles. The standard InChI is InChI=1S/C14H22ClN3/c1-11-7-8-17(2)14(9-16)10-18(11)13-5-3-12(15)4-6-13/h3-6,11,14H,7-10,16H2,1-2H3. The molecule has 0 spiro atoms. The SMILES string of the molecule is CC1CCN(C)C(CN)CN1c1ccc(Cl)cc1. The van der Waals surface area contributed by atoms with Gasteiger partial charge in [-0.05, 0) is 44.7 Å². The predicted molar refractivity (Wildman–Crippen MR) is 78.3 cm³/mol. The van der Waals surface area contributed by atoms with Crippen LogP contribution in [0.5, 0.6) is 0 Å². The van der Waals surface area contributed by atoms with Crippen LogP contribution in [0.1, 0.15) is 13.3 Å². The van der Waals surface area contributed by atoms with Crippen LogP contribution < -0.4 is 10.6 Å². The highest BCUT2D eigenvalue weighted by Gasteiger charge is 2.25. The van der Waals surface area contributed by atoms with Gasteiger partial charge in [0.05, 0.1) is 0 Å². The van der Waals surface area contributed by atoms with E-state index in [1.807, 2.05) is 12.1 Å².